The number of alkyl halides is 6. The molecule has 209 valence electrons. The van der Waals surface area contributed by atoms with Crippen LogP contribution in [0.2, 0.25) is 0 Å². The molecule has 0 saturated heterocycles. The first-order valence-corrected chi connectivity index (χ1v) is 10.9. The molecule has 0 bridgehead atoms. The van der Waals surface area contributed by atoms with Gasteiger partial charge < -0.3 is 9.11 Å². The third-order valence-corrected chi connectivity index (χ3v) is 3.39. The van der Waals surface area contributed by atoms with Crippen LogP contribution in [0.4, 0.5) is 26.3 Å². The summed E-state index contributed by atoms with van der Waals surface area (Å²) >= 11 is 0. The summed E-state index contributed by atoms with van der Waals surface area (Å²) in [6.45, 7) is -7.33. The smallest absolute Gasteiger partial charge is 0.759 e. The van der Waals surface area contributed by atoms with Gasteiger partial charge in [-0.15, -0.1) is 0 Å². The Labute approximate surface area is 224 Å². The Morgan fingerprint density at radius 2 is 0.579 bits per heavy atom. The van der Waals surface area contributed by atoms with Crippen molar-refractivity contribution in [2.45, 2.75) is 13.4 Å². The molecule has 4 aromatic heterocycles. The van der Waals surface area contributed by atoms with Crippen LogP contribution in [-0.2, 0) is 27.5 Å². The summed E-state index contributed by atoms with van der Waals surface area (Å²) in [7, 11) is -5.17. The Morgan fingerprint density at radius 1 is 0.474 bits per heavy atom. The summed E-state index contributed by atoms with van der Waals surface area (Å²) in [5, 5.41) is 0. The van der Waals surface area contributed by atoms with Gasteiger partial charge in [-0.1, -0.05) is 0 Å². The number of aromatic nitrogens is 4. The van der Waals surface area contributed by atoms with E-state index in [4.69, 9.17) is 17.5 Å². The molecule has 0 N–H and O–H groups in total. The quantitative estimate of drug-likeness (QED) is 0.129. The third-order valence-electron chi connectivity index (χ3n) is 3.39. The van der Waals surface area contributed by atoms with Crippen LogP contribution in [0.3, 0.4) is 0 Å². The van der Waals surface area contributed by atoms with Gasteiger partial charge in [0.25, 0.3) is 0 Å². The molecular weight excluding hydrogens is 594 g/mol. The SMILES string of the molecule is FC(F)F.FC(F)F.O=S(=O)([O-])[O-].[Cu+2].c1cc(-c2ccncc2)ccn1.c1cc(-c2ccncc2)ccn1. The van der Waals surface area contributed by atoms with Gasteiger partial charge in [-0.05, 0) is 70.8 Å². The second-order valence-electron chi connectivity index (χ2n) is 5.85. The minimum absolute atomic E-state index is 0. The van der Waals surface area contributed by atoms with Crippen LogP contribution in [0.1, 0.15) is 0 Å². The van der Waals surface area contributed by atoms with E-state index >= 15 is 0 Å². The van der Waals surface area contributed by atoms with Gasteiger partial charge in [0.15, 0.2) is 0 Å². The molecule has 0 saturated carbocycles. The number of nitrogens with zero attached hydrogens (tertiary/aromatic N) is 4. The van der Waals surface area contributed by atoms with E-state index in [0.29, 0.717) is 0 Å². The second kappa shape index (κ2) is 21.6. The maximum atomic E-state index is 9.67. The summed E-state index contributed by atoms with van der Waals surface area (Å²) in [5.74, 6) is 0. The van der Waals surface area contributed by atoms with E-state index in [1.165, 1.54) is 22.3 Å². The third kappa shape index (κ3) is 24.3. The monoisotopic (exact) mass is 611 g/mol. The average molecular weight is 612 g/mol. The number of rotatable bonds is 2. The zero-order valence-electron chi connectivity index (χ0n) is 18.8. The van der Waals surface area contributed by atoms with Gasteiger partial charge in [0.1, 0.15) is 0 Å². The molecule has 0 aliphatic heterocycles. The molecule has 0 aromatic carbocycles. The summed E-state index contributed by atoms with van der Waals surface area (Å²) in [6.07, 6.45) is 14.3. The molecular formula is C22H18CuF6N4O4S. The molecule has 4 heterocycles. The van der Waals surface area contributed by atoms with E-state index in [-0.39, 0.29) is 17.1 Å². The number of pyridine rings is 4. The first-order chi connectivity index (χ1) is 17.4. The molecule has 0 fully saturated rings. The second-order valence-corrected chi connectivity index (χ2v) is 6.66. The topological polar surface area (TPSA) is 132 Å². The van der Waals surface area contributed by atoms with Crippen molar-refractivity contribution in [3.63, 3.8) is 0 Å². The fraction of sp³-hybridized carbons (Fsp3) is 0.0909. The molecule has 38 heavy (non-hydrogen) atoms. The summed E-state index contributed by atoms with van der Waals surface area (Å²) in [5.41, 5.74) is 4.69. The predicted molar refractivity (Wildman–Crippen MR) is 120 cm³/mol. The molecule has 8 nitrogen and oxygen atoms in total. The molecule has 1 radical (unpaired) electrons. The maximum absolute atomic E-state index is 9.67. The van der Waals surface area contributed by atoms with Gasteiger partial charge in [0, 0.05) is 60.0 Å². The van der Waals surface area contributed by atoms with Crippen molar-refractivity contribution < 1.29 is 60.9 Å². The van der Waals surface area contributed by atoms with Crippen LogP contribution in [0.5, 0.6) is 0 Å². The van der Waals surface area contributed by atoms with Crippen molar-refractivity contribution in [3.8, 4) is 22.3 Å². The van der Waals surface area contributed by atoms with Crippen LogP contribution in [0, 0.1) is 0 Å². The van der Waals surface area contributed by atoms with E-state index in [0.717, 1.165) is 0 Å². The van der Waals surface area contributed by atoms with Crippen molar-refractivity contribution in [1.82, 2.24) is 19.9 Å². The average Bonchev–Trinajstić information content (AvgIpc) is 2.85. The van der Waals surface area contributed by atoms with Crippen molar-refractivity contribution in [3.05, 3.63) is 98.1 Å². The first-order valence-electron chi connectivity index (χ1n) is 9.52. The van der Waals surface area contributed by atoms with Gasteiger partial charge >= 0.3 is 30.4 Å². The van der Waals surface area contributed by atoms with Crippen LogP contribution < -0.4 is 0 Å². The maximum Gasteiger partial charge on any atom is 2.00 e. The summed E-state index contributed by atoms with van der Waals surface area (Å²) < 4.78 is 92.1. The molecule has 4 rings (SSSR count). The minimum atomic E-state index is -5.17. The minimum Gasteiger partial charge on any atom is -0.759 e. The zero-order chi connectivity index (χ0) is 28.1. The molecule has 4 aromatic rings. The molecule has 16 heteroatoms. The van der Waals surface area contributed by atoms with Crippen molar-refractivity contribution in [2.75, 3.05) is 0 Å². The van der Waals surface area contributed by atoms with Gasteiger partial charge in [0.2, 0.25) is 0 Å². The Morgan fingerprint density at radius 3 is 0.684 bits per heavy atom. The van der Waals surface area contributed by atoms with E-state index in [9.17, 15) is 26.3 Å². The fourth-order valence-corrected chi connectivity index (χ4v) is 2.18. The van der Waals surface area contributed by atoms with Crippen molar-refractivity contribution >= 4 is 10.4 Å². The van der Waals surface area contributed by atoms with E-state index in [1.807, 2.05) is 48.5 Å². The molecule has 0 unspecified atom stereocenters. The fourth-order valence-electron chi connectivity index (χ4n) is 2.18. The molecule has 0 spiro atoms. The molecule has 0 atom stereocenters. The van der Waals surface area contributed by atoms with Gasteiger partial charge in [-0.25, -0.2) is 0 Å². The van der Waals surface area contributed by atoms with Crippen molar-refractivity contribution in [1.29, 1.82) is 0 Å². The standard InChI is InChI=1S/2C10H8N2.2CHF3.Cu.H2O4S/c2*1-5-11-6-2-9(1)10-3-7-12-8-4-10;2*2-1(3)4;;1-5(2,3)4/h2*1-8H;2*1H;;(H2,1,2,3,4)/q;;;;+2;/p-2. The van der Waals surface area contributed by atoms with Gasteiger partial charge in [0.05, 0.1) is 0 Å². The van der Waals surface area contributed by atoms with Gasteiger partial charge in [-0.3, -0.25) is 28.4 Å². The van der Waals surface area contributed by atoms with Crippen LogP contribution >= 0.6 is 0 Å². The van der Waals surface area contributed by atoms with Crippen LogP contribution in [0.25, 0.3) is 22.3 Å². The van der Waals surface area contributed by atoms with E-state index in [2.05, 4.69) is 19.9 Å². The molecule has 0 amide bonds. The summed E-state index contributed by atoms with van der Waals surface area (Å²) in [6, 6.07) is 15.9. The van der Waals surface area contributed by atoms with Crippen LogP contribution in [-0.4, -0.2) is 50.8 Å². The largest absolute Gasteiger partial charge is 2.00 e. The Balaban J connectivity index is 0. The Kier molecular flexibility index (Phi) is 20.9. The number of hydrogen-bond donors (Lipinski definition) is 0. The molecule has 0 aliphatic rings. The van der Waals surface area contributed by atoms with E-state index < -0.39 is 23.8 Å². The summed E-state index contributed by atoms with van der Waals surface area (Å²) in [4.78, 5) is 15.8. The zero-order valence-corrected chi connectivity index (χ0v) is 20.5. The number of halogens is 6. The Bertz CT molecular complexity index is 1020. The predicted octanol–water partition coefficient (Wildman–Crippen LogP) is 5.30. The van der Waals surface area contributed by atoms with Crippen molar-refractivity contribution in [2.24, 2.45) is 0 Å². The van der Waals surface area contributed by atoms with Crippen LogP contribution in [0.15, 0.2) is 98.1 Å². The normalized spacial score (nSPS) is 9.53. The number of hydrogen-bond acceptors (Lipinski definition) is 8. The Hall–Kier alpha value is -3.43. The molecule has 0 aliphatic carbocycles. The van der Waals surface area contributed by atoms with E-state index in [1.54, 1.807) is 49.6 Å². The van der Waals surface area contributed by atoms with Gasteiger partial charge in [-0.2, -0.15) is 26.3 Å². The first kappa shape index (κ1) is 36.7.